The average Bonchev–Trinajstić information content (AvgIpc) is 3.56. The Labute approximate surface area is 237 Å². The van der Waals surface area contributed by atoms with E-state index in [-0.39, 0.29) is 18.8 Å². The van der Waals surface area contributed by atoms with Crippen LogP contribution < -0.4 is 19.6 Å². The predicted molar refractivity (Wildman–Crippen MR) is 152 cm³/mol. The average molecular weight is 576 g/mol. The highest BCUT2D eigenvalue weighted by molar-refractivity contribution is 7.10. The normalized spacial score (nSPS) is 14.9. The number of esters is 1. The van der Waals surface area contributed by atoms with Crippen molar-refractivity contribution < 1.29 is 14.3 Å². The van der Waals surface area contributed by atoms with Gasteiger partial charge in [-0.1, -0.05) is 41.1 Å². The van der Waals surface area contributed by atoms with Crippen molar-refractivity contribution in [3.63, 3.8) is 0 Å². The van der Waals surface area contributed by atoms with Crippen LogP contribution in [0.5, 0.6) is 5.75 Å². The van der Waals surface area contributed by atoms with Gasteiger partial charge in [0.1, 0.15) is 18.4 Å². The molecule has 2 aromatic heterocycles. The maximum absolute atomic E-state index is 13.8. The molecule has 0 saturated carbocycles. The Morgan fingerprint density at radius 1 is 1.23 bits per heavy atom. The summed E-state index contributed by atoms with van der Waals surface area (Å²) in [6.45, 7) is 4.00. The van der Waals surface area contributed by atoms with Crippen molar-refractivity contribution in [1.82, 2.24) is 4.57 Å². The second kappa shape index (κ2) is 11.4. The summed E-state index contributed by atoms with van der Waals surface area (Å²) in [6.07, 6.45) is 1.73. The van der Waals surface area contributed by atoms with E-state index >= 15 is 0 Å². The van der Waals surface area contributed by atoms with Gasteiger partial charge < -0.3 is 9.47 Å². The van der Waals surface area contributed by atoms with E-state index in [1.807, 2.05) is 29.6 Å². The Bertz CT molecular complexity index is 1800. The van der Waals surface area contributed by atoms with Crippen LogP contribution in [0.1, 0.15) is 41.5 Å². The number of nitrogens with zero attached hydrogens (tertiary/aromatic N) is 3. The quantitative estimate of drug-likeness (QED) is 0.290. The number of rotatable bonds is 7. The molecule has 2 aromatic carbocycles. The van der Waals surface area contributed by atoms with Crippen molar-refractivity contribution in [2.75, 3.05) is 6.61 Å². The van der Waals surface area contributed by atoms with Gasteiger partial charge in [0.15, 0.2) is 4.80 Å². The summed E-state index contributed by atoms with van der Waals surface area (Å²) in [6, 6.07) is 17.6. The first-order chi connectivity index (χ1) is 18.9. The molecule has 1 aliphatic heterocycles. The summed E-state index contributed by atoms with van der Waals surface area (Å²) < 4.78 is 13.4. The van der Waals surface area contributed by atoms with E-state index < -0.39 is 12.0 Å². The zero-order chi connectivity index (χ0) is 27.5. The summed E-state index contributed by atoms with van der Waals surface area (Å²) in [7, 11) is 0. The minimum Gasteiger partial charge on any atom is -0.488 e. The molecule has 0 saturated heterocycles. The lowest BCUT2D eigenvalue weighted by Crippen LogP contribution is -2.39. The van der Waals surface area contributed by atoms with Gasteiger partial charge >= 0.3 is 5.97 Å². The van der Waals surface area contributed by atoms with E-state index in [0.717, 1.165) is 10.4 Å². The highest BCUT2D eigenvalue weighted by Gasteiger charge is 2.33. The minimum absolute atomic E-state index is 0.219. The fourth-order valence-corrected chi connectivity index (χ4v) is 6.29. The molecule has 0 fully saturated rings. The summed E-state index contributed by atoms with van der Waals surface area (Å²) in [5, 5.41) is 11.4. The molecule has 39 heavy (non-hydrogen) atoms. The van der Waals surface area contributed by atoms with Gasteiger partial charge in [0, 0.05) is 15.5 Å². The molecule has 0 unspecified atom stereocenters. The van der Waals surface area contributed by atoms with Crippen LogP contribution in [0.4, 0.5) is 0 Å². The largest absolute Gasteiger partial charge is 0.488 e. The molecule has 0 spiro atoms. The maximum atomic E-state index is 13.8. The van der Waals surface area contributed by atoms with Gasteiger partial charge in [-0.3, -0.25) is 9.36 Å². The molecule has 0 aliphatic carbocycles. The Balaban J connectivity index is 1.57. The number of thiazole rings is 1. The summed E-state index contributed by atoms with van der Waals surface area (Å²) in [4.78, 5) is 32.7. The molecule has 1 atom stereocenters. The zero-order valence-electron chi connectivity index (χ0n) is 21.0. The van der Waals surface area contributed by atoms with E-state index in [1.165, 1.54) is 22.7 Å². The van der Waals surface area contributed by atoms with Gasteiger partial charge in [-0.15, -0.1) is 11.3 Å². The monoisotopic (exact) mass is 575 g/mol. The second-order valence-electron chi connectivity index (χ2n) is 8.60. The molecule has 0 amide bonds. The lowest BCUT2D eigenvalue weighted by molar-refractivity contribution is -0.139. The third kappa shape index (κ3) is 5.45. The van der Waals surface area contributed by atoms with Gasteiger partial charge in [-0.2, -0.15) is 5.26 Å². The van der Waals surface area contributed by atoms with Gasteiger partial charge in [0.05, 0.1) is 34.0 Å². The molecular formula is C29H22ClN3O4S2. The van der Waals surface area contributed by atoms with Gasteiger partial charge in [-0.05, 0) is 67.3 Å². The minimum atomic E-state index is -0.631. The molecule has 196 valence electrons. The molecule has 1 aliphatic rings. The number of thiophene rings is 1. The number of fused-ring (bicyclic) bond motifs is 1. The number of halogens is 1. The highest BCUT2D eigenvalue weighted by Crippen LogP contribution is 2.33. The van der Waals surface area contributed by atoms with Gasteiger partial charge in [-0.25, -0.2) is 9.79 Å². The zero-order valence-corrected chi connectivity index (χ0v) is 23.4. The third-order valence-corrected chi connectivity index (χ3v) is 8.21. The SMILES string of the molecule is CCOC(=O)C1=C(C)N=c2s/c(=C\c3cc(Cl)ccc3OCc3ccc(C#N)cc3)c(=O)n2[C@@H]1c1cccs1. The first-order valence-corrected chi connectivity index (χ1v) is 14.1. The van der Waals surface area contributed by atoms with Crippen molar-refractivity contribution >= 4 is 46.3 Å². The van der Waals surface area contributed by atoms with Crippen LogP contribution >= 0.6 is 34.3 Å². The molecule has 0 N–H and O–H groups in total. The van der Waals surface area contributed by atoms with Gasteiger partial charge in [0.2, 0.25) is 0 Å². The lowest BCUT2D eigenvalue weighted by Gasteiger charge is -2.23. The maximum Gasteiger partial charge on any atom is 0.338 e. The van der Waals surface area contributed by atoms with E-state index in [4.69, 9.17) is 26.3 Å². The molecule has 10 heteroatoms. The van der Waals surface area contributed by atoms with Gasteiger partial charge in [0.25, 0.3) is 5.56 Å². The lowest BCUT2D eigenvalue weighted by atomic mass is 10.0. The molecular weight excluding hydrogens is 554 g/mol. The van der Waals surface area contributed by atoms with Crippen molar-refractivity contribution in [3.05, 3.63) is 118 Å². The number of ether oxygens (including phenoxy) is 2. The molecule has 7 nitrogen and oxygen atoms in total. The summed E-state index contributed by atoms with van der Waals surface area (Å²) >= 11 is 9.01. The van der Waals surface area contributed by atoms with E-state index in [9.17, 15) is 9.59 Å². The molecule has 0 bridgehead atoms. The van der Waals surface area contributed by atoms with Crippen molar-refractivity contribution in [3.8, 4) is 11.8 Å². The van der Waals surface area contributed by atoms with Crippen molar-refractivity contribution in [2.45, 2.75) is 26.5 Å². The Hall–Kier alpha value is -3.97. The number of aromatic nitrogens is 1. The summed E-state index contributed by atoms with van der Waals surface area (Å²) in [5.41, 5.74) is 2.71. The topological polar surface area (TPSA) is 93.7 Å². The van der Waals surface area contributed by atoms with E-state index in [2.05, 4.69) is 11.1 Å². The van der Waals surface area contributed by atoms with E-state index in [0.29, 0.717) is 42.5 Å². The number of hydrogen-bond donors (Lipinski definition) is 0. The van der Waals surface area contributed by atoms with Crippen LogP contribution in [0.15, 0.2) is 81.0 Å². The first kappa shape index (κ1) is 26.6. The van der Waals surface area contributed by atoms with Crippen LogP contribution in [0.3, 0.4) is 0 Å². The van der Waals surface area contributed by atoms with Crippen LogP contribution in [-0.2, 0) is 16.1 Å². The van der Waals surface area contributed by atoms with Crippen LogP contribution in [0.25, 0.3) is 6.08 Å². The highest BCUT2D eigenvalue weighted by atomic mass is 35.5. The first-order valence-electron chi connectivity index (χ1n) is 12.0. The molecule has 4 aromatic rings. The standard InChI is InChI=1S/C29H22ClN3O4S2/c1-3-36-28(35)25-17(2)32-29-33(26(25)23-5-4-12-38-23)27(34)24(39-29)14-20-13-21(30)10-11-22(20)37-16-19-8-6-18(15-31)7-9-19/h4-14,26H,3,16H2,1-2H3/b24-14-/t26-/m1/s1. The number of allylic oxidation sites excluding steroid dienone is 1. The number of benzene rings is 2. The Kier molecular flexibility index (Phi) is 7.79. The van der Waals surface area contributed by atoms with Crippen molar-refractivity contribution in [1.29, 1.82) is 5.26 Å². The van der Waals surface area contributed by atoms with Crippen molar-refractivity contribution in [2.24, 2.45) is 4.99 Å². The van der Waals surface area contributed by atoms with E-state index in [1.54, 1.807) is 54.8 Å². The number of carbonyl (C=O) groups is 1. The second-order valence-corrected chi connectivity index (χ2v) is 11.0. The number of nitriles is 1. The number of hydrogen-bond acceptors (Lipinski definition) is 8. The van der Waals surface area contributed by atoms with Crippen LogP contribution in [0.2, 0.25) is 5.02 Å². The summed E-state index contributed by atoms with van der Waals surface area (Å²) in [5.74, 6) is 0.0626. The smallest absolute Gasteiger partial charge is 0.338 e. The van der Waals surface area contributed by atoms with Crippen LogP contribution in [0, 0.1) is 11.3 Å². The Morgan fingerprint density at radius 2 is 2.03 bits per heavy atom. The molecule has 3 heterocycles. The fourth-order valence-electron chi connectivity index (χ4n) is 4.25. The Morgan fingerprint density at radius 3 is 2.72 bits per heavy atom. The molecule has 0 radical (unpaired) electrons. The number of carbonyl (C=O) groups excluding carboxylic acids is 1. The third-order valence-electron chi connectivity index (χ3n) is 6.07. The fraction of sp³-hybridized carbons (Fsp3) is 0.172. The molecule has 5 rings (SSSR count). The predicted octanol–water partition coefficient (Wildman–Crippen LogP) is 4.96. The van der Waals surface area contributed by atoms with Crippen LogP contribution in [-0.4, -0.2) is 17.1 Å².